The maximum Gasteiger partial charge on any atom is 0.0471 e. The molecule has 1 N–H and O–H groups in total. The summed E-state index contributed by atoms with van der Waals surface area (Å²) in [5, 5.41) is 10.0. The Bertz CT molecular complexity index is 379. The van der Waals surface area contributed by atoms with Crippen LogP contribution in [-0.4, -0.2) is 11.7 Å². The summed E-state index contributed by atoms with van der Waals surface area (Å²) < 4.78 is 0. The first-order chi connectivity index (χ1) is 9.01. The fraction of sp³-hybridized carbons (Fsp3) is 0.778. The van der Waals surface area contributed by atoms with Crippen molar-refractivity contribution in [2.24, 2.45) is 35.5 Å². The molecule has 0 aromatic rings. The summed E-state index contributed by atoms with van der Waals surface area (Å²) in [6.45, 7) is 11.7. The zero-order valence-corrected chi connectivity index (χ0v) is 13.2. The first-order valence-corrected chi connectivity index (χ1v) is 7.93. The summed E-state index contributed by atoms with van der Waals surface area (Å²) >= 11 is 0. The summed E-state index contributed by atoms with van der Waals surface area (Å²) in [4.78, 5) is 0. The molecule has 2 rings (SSSR count). The molecule has 108 valence electrons. The largest absolute Gasteiger partial charge is 0.396 e. The van der Waals surface area contributed by atoms with Gasteiger partial charge in [-0.05, 0) is 56.8 Å². The Hall–Kier alpha value is -0.560. The van der Waals surface area contributed by atoms with Crippen molar-refractivity contribution in [1.82, 2.24) is 0 Å². The second-order valence-electron chi connectivity index (χ2n) is 6.95. The minimum Gasteiger partial charge on any atom is -0.396 e. The lowest BCUT2D eigenvalue weighted by atomic mass is 9.55. The van der Waals surface area contributed by atoms with Crippen LogP contribution in [0.5, 0.6) is 0 Å². The molecule has 19 heavy (non-hydrogen) atoms. The van der Waals surface area contributed by atoms with E-state index in [9.17, 15) is 5.11 Å². The van der Waals surface area contributed by atoms with E-state index >= 15 is 0 Å². The smallest absolute Gasteiger partial charge is 0.0471 e. The molecule has 0 radical (unpaired) electrons. The molecule has 0 saturated heterocycles. The van der Waals surface area contributed by atoms with Crippen molar-refractivity contribution in [1.29, 1.82) is 0 Å². The molecule has 6 atom stereocenters. The molecule has 2 aliphatic carbocycles. The van der Waals surface area contributed by atoms with Crippen molar-refractivity contribution in [3.05, 3.63) is 23.3 Å². The number of aliphatic hydroxyl groups is 1. The van der Waals surface area contributed by atoms with E-state index in [4.69, 9.17) is 0 Å². The third-order valence-electron chi connectivity index (χ3n) is 5.86. The molecule has 0 aromatic heterocycles. The van der Waals surface area contributed by atoms with Crippen molar-refractivity contribution in [3.63, 3.8) is 0 Å². The lowest BCUT2D eigenvalue weighted by Gasteiger charge is -2.49. The van der Waals surface area contributed by atoms with Crippen molar-refractivity contribution in [3.8, 4) is 0 Å². The Kier molecular flexibility index (Phi) is 4.55. The van der Waals surface area contributed by atoms with Gasteiger partial charge in [-0.2, -0.15) is 0 Å². The number of aliphatic hydroxyl groups excluding tert-OH is 1. The van der Waals surface area contributed by atoms with Gasteiger partial charge in [-0.3, -0.25) is 0 Å². The van der Waals surface area contributed by atoms with E-state index in [1.165, 1.54) is 24.0 Å². The molecule has 1 fully saturated rings. The second kappa shape index (κ2) is 5.83. The van der Waals surface area contributed by atoms with Gasteiger partial charge < -0.3 is 5.11 Å². The van der Waals surface area contributed by atoms with Crippen LogP contribution in [-0.2, 0) is 0 Å². The molecule has 1 unspecified atom stereocenters. The number of allylic oxidation sites excluding steroid dienone is 4. The summed E-state index contributed by atoms with van der Waals surface area (Å²) in [6.07, 6.45) is 7.43. The highest BCUT2D eigenvalue weighted by Gasteiger charge is 2.45. The van der Waals surface area contributed by atoms with Crippen LogP contribution in [0.4, 0.5) is 0 Å². The zero-order chi connectivity index (χ0) is 14.2. The van der Waals surface area contributed by atoms with Crippen molar-refractivity contribution in [2.75, 3.05) is 6.61 Å². The highest BCUT2D eigenvalue weighted by molar-refractivity contribution is 5.25. The van der Waals surface area contributed by atoms with Crippen molar-refractivity contribution >= 4 is 0 Å². The topological polar surface area (TPSA) is 20.2 Å². The van der Waals surface area contributed by atoms with E-state index in [0.29, 0.717) is 30.3 Å². The van der Waals surface area contributed by atoms with E-state index < -0.39 is 0 Å². The lowest BCUT2D eigenvalue weighted by molar-refractivity contribution is 0.0259. The van der Waals surface area contributed by atoms with Gasteiger partial charge in [-0.1, -0.05) is 43.6 Å². The van der Waals surface area contributed by atoms with Gasteiger partial charge in [0.25, 0.3) is 0 Å². The van der Waals surface area contributed by atoms with Crippen LogP contribution in [0, 0.1) is 35.5 Å². The van der Waals surface area contributed by atoms with Crippen LogP contribution >= 0.6 is 0 Å². The summed E-state index contributed by atoms with van der Waals surface area (Å²) in [5.74, 6) is 3.75. The number of hydrogen-bond donors (Lipinski definition) is 1. The monoisotopic (exact) mass is 262 g/mol. The molecule has 0 bridgehead atoms. The van der Waals surface area contributed by atoms with E-state index in [1.807, 2.05) is 0 Å². The third kappa shape index (κ3) is 2.54. The Morgan fingerprint density at radius 2 is 1.95 bits per heavy atom. The van der Waals surface area contributed by atoms with Crippen molar-refractivity contribution < 1.29 is 5.11 Å². The first-order valence-electron chi connectivity index (χ1n) is 7.93. The van der Waals surface area contributed by atoms with Gasteiger partial charge in [0.1, 0.15) is 0 Å². The van der Waals surface area contributed by atoms with Gasteiger partial charge in [0, 0.05) is 12.5 Å². The maximum atomic E-state index is 10.0. The van der Waals surface area contributed by atoms with Gasteiger partial charge in [0.05, 0.1) is 0 Å². The van der Waals surface area contributed by atoms with Crippen LogP contribution in [0.25, 0.3) is 0 Å². The molecule has 0 aromatic carbocycles. The third-order valence-corrected chi connectivity index (χ3v) is 5.86. The Morgan fingerprint density at radius 3 is 2.53 bits per heavy atom. The lowest BCUT2D eigenvalue weighted by Crippen LogP contribution is -2.44. The van der Waals surface area contributed by atoms with E-state index in [-0.39, 0.29) is 0 Å². The summed E-state index contributed by atoms with van der Waals surface area (Å²) in [5.41, 5.74) is 2.91. The van der Waals surface area contributed by atoms with Crippen molar-refractivity contribution in [2.45, 2.75) is 47.5 Å². The predicted octanol–water partition coefficient (Wildman–Crippen LogP) is 4.44. The van der Waals surface area contributed by atoms with Crippen LogP contribution in [0.1, 0.15) is 47.5 Å². The molecule has 0 spiro atoms. The standard InChI is InChI=1S/C18H30O/c1-6-11(2)17-14(5)9-15-12(3)7-8-13(4)18(15)16(17)10-19/h6,9,12-13,15-19H,7-8,10H2,1-5H3/b11-6-/t12-,13-,15-,16+,17?,18+/m0/s1. The normalized spacial score (nSPS) is 43.7. The average Bonchev–Trinajstić information content (AvgIpc) is 2.40. The average molecular weight is 262 g/mol. The summed E-state index contributed by atoms with van der Waals surface area (Å²) in [6, 6.07) is 0. The molecule has 0 amide bonds. The predicted molar refractivity (Wildman–Crippen MR) is 81.8 cm³/mol. The van der Waals surface area contributed by atoms with Crippen LogP contribution < -0.4 is 0 Å². The molecular weight excluding hydrogens is 232 g/mol. The highest BCUT2D eigenvalue weighted by atomic mass is 16.3. The van der Waals surface area contributed by atoms with Gasteiger partial charge in [0.2, 0.25) is 0 Å². The van der Waals surface area contributed by atoms with Crippen LogP contribution in [0.3, 0.4) is 0 Å². The first kappa shape index (κ1) is 14.8. The fourth-order valence-corrected chi connectivity index (χ4v) is 4.72. The highest BCUT2D eigenvalue weighted by Crippen LogP contribution is 2.51. The fourth-order valence-electron chi connectivity index (χ4n) is 4.72. The molecule has 2 aliphatic rings. The molecular formula is C18H30O. The molecule has 1 nitrogen and oxygen atoms in total. The molecule has 1 saturated carbocycles. The minimum atomic E-state index is 0.333. The Morgan fingerprint density at radius 1 is 1.32 bits per heavy atom. The number of hydrogen-bond acceptors (Lipinski definition) is 1. The Labute approximate surface area is 118 Å². The molecule has 0 aliphatic heterocycles. The quantitative estimate of drug-likeness (QED) is 0.730. The maximum absolute atomic E-state index is 10.0. The van der Waals surface area contributed by atoms with Gasteiger partial charge in [0.15, 0.2) is 0 Å². The van der Waals surface area contributed by atoms with E-state index in [1.54, 1.807) is 0 Å². The van der Waals surface area contributed by atoms with Crippen LogP contribution in [0.2, 0.25) is 0 Å². The summed E-state index contributed by atoms with van der Waals surface area (Å²) in [7, 11) is 0. The van der Waals surface area contributed by atoms with Crippen LogP contribution in [0.15, 0.2) is 23.3 Å². The SMILES string of the molecule is C/C=C(/C)C1C(C)=C[C@@H]2[C@H]([C@@H]1CO)[C@@H](C)CC[C@@H]2C. The second-order valence-corrected chi connectivity index (χ2v) is 6.95. The van der Waals surface area contributed by atoms with E-state index in [2.05, 4.69) is 46.8 Å². The molecule has 1 heteroatoms. The minimum absolute atomic E-state index is 0.333. The molecule has 0 heterocycles. The Balaban J connectivity index is 2.42. The number of rotatable bonds is 2. The van der Waals surface area contributed by atoms with E-state index in [0.717, 1.165) is 11.8 Å². The van der Waals surface area contributed by atoms with Gasteiger partial charge in [-0.15, -0.1) is 0 Å². The van der Waals surface area contributed by atoms with Gasteiger partial charge >= 0.3 is 0 Å². The number of fused-ring (bicyclic) bond motifs is 1. The zero-order valence-electron chi connectivity index (χ0n) is 13.2. The van der Waals surface area contributed by atoms with Gasteiger partial charge in [-0.25, -0.2) is 0 Å².